The van der Waals surface area contributed by atoms with Crippen molar-refractivity contribution >= 4 is 52.8 Å². The van der Waals surface area contributed by atoms with Gasteiger partial charge in [-0.3, -0.25) is 14.4 Å². The van der Waals surface area contributed by atoms with E-state index in [1.165, 1.54) is 12.3 Å². The first-order valence-corrected chi connectivity index (χ1v) is 11.2. The van der Waals surface area contributed by atoms with Crippen molar-refractivity contribution in [1.29, 1.82) is 0 Å². The Bertz CT molecular complexity index is 1030. The number of hydrogen-bond acceptors (Lipinski definition) is 6. The van der Waals surface area contributed by atoms with Crippen LogP contribution in [0.2, 0.25) is 10.0 Å². The maximum absolute atomic E-state index is 12.2. The molecule has 0 saturated heterocycles. The average molecular weight is 509 g/mol. The van der Waals surface area contributed by atoms with Crippen LogP contribution in [-0.4, -0.2) is 49.8 Å². The van der Waals surface area contributed by atoms with E-state index in [1.807, 2.05) is 13.8 Å². The Kier molecular flexibility index (Phi) is 11.3. The summed E-state index contributed by atoms with van der Waals surface area (Å²) in [7, 11) is 0. The van der Waals surface area contributed by atoms with Crippen LogP contribution >= 0.6 is 23.2 Å². The molecule has 9 nitrogen and oxygen atoms in total. The van der Waals surface area contributed by atoms with Crippen LogP contribution in [0.3, 0.4) is 0 Å². The molecule has 0 aliphatic heterocycles. The molecule has 0 aromatic heterocycles. The topological polar surface area (TPSA) is 118 Å². The second kappa shape index (κ2) is 14.2. The van der Waals surface area contributed by atoms with Crippen molar-refractivity contribution in [3.8, 4) is 5.75 Å². The summed E-state index contributed by atoms with van der Waals surface area (Å²) in [5.41, 5.74) is 3.13. The Morgan fingerprint density at radius 2 is 1.82 bits per heavy atom. The van der Waals surface area contributed by atoms with Gasteiger partial charge in [-0.1, -0.05) is 35.3 Å². The zero-order valence-electron chi connectivity index (χ0n) is 18.8. The number of halogens is 2. The van der Waals surface area contributed by atoms with Gasteiger partial charge in [0.25, 0.3) is 5.91 Å². The summed E-state index contributed by atoms with van der Waals surface area (Å²) >= 11 is 11.8. The molecule has 0 bridgehead atoms. The predicted molar refractivity (Wildman–Crippen MR) is 131 cm³/mol. The van der Waals surface area contributed by atoms with Gasteiger partial charge in [-0.25, -0.2) is 5.43 Å². The number of benzene rings is 2. The van der Waals surface area contributed by atoms with Crippen molar-refractivity contribution in [3.63, 3.8) is 0 Å². The molecule has 182 valence electrons. The maximum atomic E-state index is 12.2. The highest BCUT2D eigenvalue weighted by molar-refractivity contribution is 6.42. The number of rotatable bonds is 11. The molecule has 11 heteroatoms. The largest absolute Gasteiger partial charge is 0.483 e. The van der Waals surface area contributed by atoms with E-state index in [0.717, 1.165) is 0 Å². The first-order chi connectivity index (χ1) is 16.3. The number of nitrogens with one attached hydrogen (secondary N) is 3. The lowest BCUT2D eigenvalue weighted by Crippen LogP contribution is -2.38. The fraction of sp³-hybridized carbons (Fsp3) is 0.304. The van der Waals surface area contributed by atoms with Gasteiger partial charge in [0.05, 0.1) is 22.4 Å². The first kappa shape index (κ1) is 27.1. The Balaban J connectivity index is 1.81. The van der Waals surface area contributed by atoms with E-state index in [2.05, 4.69) is 21.2 Å². The van der Waals surface area contributed by atoms with Crippen molar-refractivity contribution < 1.29 is 23.9 Å². The first-order valence-electron chi connectivity index (χ1n) is 10.5. The lowest BCUT2D eigenvalue weighted by Gasteiger charge is -2.10. The van der Waals surface area contributed by atoms with Crippen molar-refractivity contribution in [1.82, 2.24) is 10.7 Å². The average Bonchev–Trinajstić information content (AvgIpc) is 2.80. The Labute approximate surface area is 207 Å². The summed E-state index contributed by atoms with van der Waals surface area (Å²) in [6.45, 7) is 4.35. The van der Waals surface area contributed by atoms with Crippen molar-refractivity contribution in [2.45, 2.75) is 26.4 Å². The summed E-state index contributed by atoms with van der Waals surface area (Å²) in [5.74, 6) is -1.75. The standard InChI is InChI=1S/C23H26Cl2N4O5/c1-15(2)33-11-5-10-26-22(31)23(32)29-27-13-16-6-3-4-7-20(16)34-14-21(30)28-17-8-9-18(24)19(25)12-17/h3-4,6-9,12-13,15H,5,10-11,14H2,1-2H3,(H,26,31)(H,28,30)(H,29,32)/b27-13-. The van der Waals surface area contributed by atoms with Gasteiger partial charge in [-0.05, 0) is 50.6 Å². The Morgan fingerprint density at radius 3 is 2.56 bits per heavy atom. The number of hydrogen-bond donors (Lipinski definition) is 3. The number of amides is 3. The molecular weight excluding hydrogens is 483 g/mol. The summed E-state index contributed by atoms with van der Waals surface area (Å²) in [5, 5.41) is 9.62. The molecular formula is C23H26Cl2N4O5. The van der Waals surface area contributed by atoms with E-state index in [-0.39, 0.29) is 12.7 Å². The number of anilines is 1. The zero-order valence-corrected chi connectivity index (χ0v) is 20.3. The highest BCUT2D eigenvalue weighted by atomic mass is 35.5. The number of carbonyl (C=O) groups is 3. The molecule has 0 radical (unpaired) electrons. The molecule has 3 amide bonds. The predicted octanol–water partition coefficient (Wildman–Crippen LogP) is 3.39. The number of ether oxygens (including phenoxy) is 2. The molecule has 0 aliphatic carbocycles. The van der Waals surface area contributed by atoms with Crippen LogP contribution < -0.4 is 20.8 Å². The van der Waals surface area contributed by atoms with Crippen molar-refractivity contribution in [2.75, 3.05) is 25.1 Å². The normalized spacial score (nSPS) is 10.9. The van der Waals surface area contributed by atoms with E-state index < -0.39 is 17.7 Å². The van der Waals surface area contributed by atoms with Crippen LogP contribution in [0, 0.1) is 0 Å². The minimum absolute atomic E-state index is 0.108. The molecule has 2 aromatic rings. The molecule has 2 aromatic carbocycles. The smallest absolute Gasteiger partial charge is 0.329 e. The van der Waals surface area contributed by atoms with Crippen LogP contribution in [0.5, 0.6) is 5.75 Å². The minimum Gasteiger partial charge on any atom is -0.483 e. The highest BCUT2D eigenvalue weighted by Gasteiger charge is 2.12. The molecule has 0 aliphatic rings. The summed E-state index contributed by atoms with van der Waals surface area (Å²) in [6, 6.07) is 11.5. The van der Waals surface area contributed by atoms with Crippen molar-refractivity contribution in [2.24, 2.45) is 5.10 Å². The second-order valence-corrected chi connectivity index (χ2v) is 8.05. The van der Waals surface area contributed by atoms with Gasteiger partial charge in [-0.2, -0.15) is 5.10 Å². The zero-order chi connectivity index (χ0) is 24.9. The molecule has 0 fully saturated rings. The second-order valence-electron chi connectivity index (χ2n) is 7.23. The van der Waals surface area contributed by atoms with E-state index in [0.29, 0.717) is 46.6 Å². The van der Waals surface area contributed by atoms with Crippen LogP contribution in [-0.2, 0) is 19.1 Å². The SMILES string of the molecule is CC(C)OCCCNC(=O)C(=O)N/N=C\c1ccccc1OCC(=O)Nc1ccc(Cl)c(Cl)c1. The van der Waals surface area contributed by atoms with Gasteiger partial charge in [-0.15, -0.1) is 0 Å². The quantitative estimate of drug-likeness (QED) is 0.186. The molecule has 2 rings (SSSR count). The van der Waals surface area contributed by atoms with Crippen LogP contribution in [0.1, 0.15) is 25.8 Å². The third-order valence-electron chi connectivity index (χ3n) is 4.11. The summed E-state index contributed by atoms with van der Waals surface area (Å²) < 4.78 is 10.9. The molecule has 34 heavy (non-hydrogen) atoms. The number of para-hydroxylation sites is 1. The van der Waals surface area contributed by atoms with Crippen molar-refractivity contribution in [3.05, 3.63) is 58.1 Å². The summed E-state index contributed by atoms with van der Waals surface area (Å²) in [6.07, 6.45) is 2.01. The van der Waals surface area contributed by atoms with Gasteiger partial charge >= 0.3 is 11.8 Å². The van der Waals surface area contributed by atoms with E-state index >= 15 is 0 Å². The lowest BCUT2D eigenvalue weighted by atomic mass is 10.2. The maximum Gasteiger partial charge on any atom is 0.329 e. The monoisotopic (exact) mass is 508 g/mol. The highest BCUT2D eigenvalue weighted by Crippen LogP contribution is 2.25. The van der Waals surface area contributed by atoms with E-state index in [1.54, 1.807) is 36.4 Å². The number of carbonyl (C=O) groups excluding carboxylic acids is 3. The Morgan fingerprint density at radius 1 is 1.06 bits per heavy atom. The van der Waals surface area contributed by atoms with Gasteiger partial charge < -0.3 is 20.1 Å². The van der Waals surface area contributed by atoms with Crippen LogP contribution in [0.15, 0.2) is 47.6 Å². The Hall–Kier alpha value is -3.14. The fourth-order valence-electron chi connectivity index (χ4n) is 2.52. The van der Waals surface area contributed by atoms with E-state index in [4.69, 9.17) is 32.7 Å². The summed E-state index contributed by atoms with van der Waals surface area (Å²) in [4.78, 5) is 35.8. The van der Waals surface area contributed by atoms with Gasteiger partial charge in [0, 0.05) is 24.4 Å². The number of nitrogens with zero attached hydrogens (tertiary/aromatic N) is 1. The molecule has 0 spiro atoms. The van der Waals surface area contributed by atoms with Gasteiger partial charge in [0.2, 0.25) is 0 Å². The molecule has 0 heterocycles. The van der Waals surface area contributed by atoms with Gasteiger partial charge in [0.15, 0.2) is 6.61 Å². The number of hydrazone groups is 1. The molecule has 0 atom stereocenters. The lowest BCUT2D eigenvalue weighted by molar-refractivity contribution is -0.139. The van der Waals surface area contributed by atoms with Crippen LogP contribution in [0.4, 0.5) is 5.69 Å². The fourth-order valence-corrected chi connectivity index (χ4v) is 2.82. The van der Waals surface area contributed by atoms with E-state index in [9.17, 15) is 14.4 Å². The molecule has 0 unspecified atom stereocenters. The molecule has 0 saturated carbocycles. The van der Waals surface area contributed by atoms with Gasteiger partial charge in [0.1, 0.15) is 5.75 Å². The third kappa shape index (κ3) is 9.78. The minimum atomic E-state index is -0.902. The van der Waals surface area contributed by atoms with Crippen LogP contribution in [0.25, 0.3) is 0 Å². The third-order valence-corrected chi connectivity index (χ3v) is 4.85. The molecule has 3 N–H and O–H groups in total.